The second kappa shape index (κ2) is 8.55. The minimum Gasteiger partial charge on any atom is -0.351 e. The van der Waals surface area contributed by atoms with Crippen LogP contribution < -0.4 is 0 Å². The number of amides is 1. The number of hydrogen-bond acceptors (Lipinski definition) is 4. The van der Waals surface area contributed by atoms with Crippen LogP contribution in [0.3, 0.4) is 0 Å². The fourth-order valence-corrected chi connectivity index (χ4v) is 4.86. The maximum absolute atomic E-state index is 12.7. The zero-order valence-electron chi connectivity index (χ0n) is 17.5. The average Bonchev–Trinajstić information content (AvgIpc) is 3.40. The third-order valence-corrected chi connectivity index (χ3v) is 6.66. The van der Waals surface area contributed by atoms with E-state index in [1.54, 1.807) is 0 Å². The summed E-state index contributed by atoms with van der Waals surface area (Å²) >= 11 is 1.48. The summed E-state index contributed by atoms with van der Waals surface area (Å²) in [5.74, 6) is -0.159. The molecule has 1 aromatic heterocycles. The molecule has 1 saturated heterocycles. The Labute approximate surface area is 186 Å². The molecule has 0 atom stereocenters. The number of aromatic nitrogens is 2. The summed E-state index contributed by atoms with van der Waals surface area (Å²) in [5, 5.41) is 5.70. The topological polar surface area (TPSA) is 50.5 Å². The molecule has 2 aliphatic heterocycles. The lowest BCUT2D eigenvalue weighted by molar-refractivity contribution is -0.113. The fraction of sp³-hybridized carbons (Fsp3) is 0.240. The van der Waals surface area contributed by atoms with E-state index in [1.165, 1.54) is 23.7 Å². The molecule has 5 rings (SSSR count). The van der Waals surface area contributed by atoms with E-state index in [2.05, 4.69) is 41.1 Å². The van der Waals surface area contributed by atoms with Crippen LogP contribution in [0.2, 0.25) is 0 Å². The van der Waals surface area contributed by atoms with E-state index in [4.69, 9.17) is 5.10 Å². The van der Waals surface area contributed by atoms with Gasteiger partial charge in [0.2, 0.25) is 0 Å². The predicted molar refractivity (Wildman–Crippen MR) is 127 cm³/mol. The van der Waals surface area contributed by atoms with E-state index < -0.39 is 0 Å². The Morgan fingerprint density at radius 1 is 0.968 bits per heavy atom. The number of carbonyl (C=O) groups excluding carboxylic acids is 1. The predicted octanol–water partition coefficient (Wildman–Crippen LogP) is 5.30. The first-order valence-electron chi connectivity index (χ1n) is 10.7. The van der Waals surface area contributed by atoms with Gasteiger partial charge < -0.3 is 4.90 Å². The maximum Gasteiger partial charge on any atom is 0.286 e. The molecular formula is C25H24N4OS. The molecular weight excluding hydrogens is 404 g/mol. The molecule has 0 saturated carbocycles. The number of para-hydroxylation sites is 1. The quantitative estimate of drug-likeness (QED) is 0.531. The summed E-state index contributed by atoms with van der Waals surface area (Å²) in [7, 11) is 0. The van der Waals surface area contributed by atoms with Crippen molar-refractivity contribution in [3.8, 4) is 16.9 Å². The lowest BCUT2D eigenvalue weighted by atomic mass is 10.1. The van der Waals surface area contributed by atoms with E-state index >= 15 is 0 Å². The first-order chi connectivity index (χ1) is 15.2. The molecule has 2 aliphatic rings. The van der Waals surface area contributed by atoms with Crippen molar-refractivity contribution in [2.24, 2.45) is 4.99 Å². The third-order valence-electron chi connectivity index (χ3n) is 5.61. The largest absolute Gasteiger partial charge is 0.351 e. The van der Waals surface area contributed by atoms with Crippen molar-refractivity contribution in [2.45, 2.75) is 26.2 Å². The number of hydrogen-bond donors (Lipinski definition) is 0. The zero-order valence-corrected chi connectivity index (χ0v) is 18.3. The smallest absolute Gasteiger partial charge is 0.286 e. The highest BCUT2D eigenvalue weighted by Gasteiger charge is 2.27. The van der Waals surface area contributed by atoms with Crippen LogP contribution in [-0.4, -0.2) is 38.8 Å². The van der Waals surface area contributed by atoms with Crippen molar-refractivity contribution >= 4 is 28.9 Å². The number of piperidine rings is 1. The van der Waals surface area contributed by atoms with Gasteiger partial charge in [-0.1, -0.05) is 48.0 Å². The van der Waals surface area contributed by atoms with E-state index in [1.807, 2.05) is 47.3 Å². The molecule has 5 nitrogen and oxygen atoms in total. The molecule has 6 heteroatoms. The van der Waals surface area contributed by atoms with E-state index in [0.29, 0.717) is 4.91 Å². The number of amidine groups is 1. The molecule has 2 aromatic carbocycles. The summed E-state index contributed by atoms with van der Waals surface area (Å²) in [6, 6.07) is 18.4. The number of likely N-dealkylation sites (tertiary alicyclic amines) is 1. The van der Waals surface area contributed by atoms with Crippen molar-refractivity contribution < 1.29 is 4.79 Å². The van der Waals surface area contributed by atoms with Gasteiger partial charge in [0.25, 0.3) is 5.91 Å². The highest BCUT2D eigenvalue weighted by molar-refractivity contribution is 8.18. The Bertz CT molecular complexity index is 1160. The highest BCUT2D eigenvalue weighted by atomic mass is 32.2. The van der Waals surface area contributed by atoms with Gasteiger partial charge in [-0.25, -0.2) is 4.68 Å². The van der Waals surface area contributed by atoms with Gasteiger partial charge in [-0.3, -0.25) is 4.79 Å². The minimum atomic E-state index is -0.159. The van der Waals surface area contributed by atoms with Crippen molar-refractivity contribution in [1.29, 1.82) is 0 Å². The molecule has 1 fully saturated rings. The number of aryl methyl sites for hydroxylation is 1. The number of rotatable bonds is 3. The molecule has 0 spiro atoms. The average molecular weight is 429 g/mol. The Kier molecular flexibility index (Phi) is 5.47. The van der Waals surface area contributed by atoms with Gasteiger partial charge in [0, 0.05) is 30.4 Å². The number of carbonyl (C=O) groups is 1. The first kappa shape index (κ1) is 19.8. The molecule has 0 radical (unpaired) electrons. The molecule has 31 heavy (non-hydrogen) atoms. The lowest BCUT2D eigenvalue weighted by Gasteiger charge is -2.27. The number of aliphatic imine (C=N–C) groups is 1. The SMILES string of the molecule is Cc1ccc(-c2nn(-c3ccccc3)cc2C=C2SC(N3CCCCC3)=NC2=O)cc1. The van der Waals surface area contributed by atoms with E-state index in [9.17, 15) is 4.79 Å². The van der Waals surface area contributed by atoms with Gasteiger partial charge in [-0.15, -0.1) is 0 Å². The summed E-state index contributed by atoms with van der Waals surface area (Å²) in [4.78, 5) is 19.9. The van der Waals surface area contributed by atoms with E-state index in [-0.39, 0.29) is 5.91 Å². The van der Waals surface area contributed by atoms with Crippen molar-refractivity contribution in [3.63, 3.8) is 0 Å². The Hall–Kier alpha value is -3.12. The second-order valence-corrected chi connectivity index (χ2v) is 8.95. The number of benzene rings is 2. The first-order valence-corrected chi connectivity index (χ1v) is 11.5. The Morgan fingerprint density at radius 2 is 1.71 bits per heavy atom. The third kappa shape index (κ3) is 4.21. The van der Waals surface area contributed by atoms with Crippen molar-refractivity contribution in [2.75, 3.05) is 13.1 Å². The fourth-order valence-electron chi connectivity index (χ4n) is 3.90. The van der Waals surface area contributed by atoms with Gasteiger partial charge in [-0.05, 0) is 56.2 Å². The highest BCUT2D eigenvalue weighted by Crippen LogP contribution is 2.34. The Balaban J connectivity index is 1.51. The molecule has 1 amide bonds. The van der Waals surface area contributed by atoms with E-state index in [0.717, 1.165) is 53.6 Å². The monoisotopic (exact) mass is 428 g/mol. The van der Waals surface area contributed by atoms with Gasteiger partial charge in [0.1, 0.15) is 0 Å². The van der Waals surface area contributed by atoms with Crippen LogP contribution >= 0.6 is 11.8 Å². The maximum atomic E-state index is 12.7. The summed E-state index contributed by atoms with van der Waals surface area (Å²) in [5.41, 5.74) is 4.98. The summed E-state index contributed by atoms with van der Waals surface area (Å²) in [6.07, 6.45) is 7.51. The zero-order chi connectivity index (χ0) is 21.2. The molecule has 0 bridgehead atoms. The molecule has 3 aromatic rings. The van der Waals surface area contributed by atoms with Gasteiger partial charge >= 0.3 is 0 Å². The van der Waals surface area contributed by atoms with Crippen LogP contribution in [0.15, 0.2) is 70.7 Å². The van der Waals surface area contributed by atoms with Gasteiger partial charge in [0.15, 0.2) is 5.17 Å². The Morgan fingerprint density at radius 3 is 2.45 bits per heavy atom. The van der Waals surface area contributed by atoms with Crippen LogP contribution in [0, 0.1) is 6.92 Å². The van der Waals surface area contributed by atoms with Crippen LogP contribution in [0.25, 0.3) is 23.0 Å². The van der Waals surface area contributed by atoms with Crippen LogP contribution in [0.4, 0.5) is 0 Å². The number of thioether (sulfide) groups is 1. The molecule has 0 aliphatic carbocycles. The molecule has 0 N–H and O–H groups in total. The van der Waals surface area contributed by atoms with Gasteiger partial charge in [-0.2, -0.15) is 10.1 Å². The van der Waals surface area contributed by atoms with Gasteiger partial charge in [0.05, 0.1) is 16.3 Å². The normalized spacial score (nSPS) is 18.0. The molecule has 3 heterocycles. The standard InChI is InChI=1S/C25H24N4OS/c1-18-10-12-19(13-11-18)23-20(17-29(27-23)21-8-4-2-5-9-21)16-22-24(30)26-25(31-22)28-14-6-3-7-15-28/h2,4-5,8-13,16-17H,3,6-7,14-15H2,1H3. The number of nitrogens with zero attached hydrogens (tertiary/aromatic N) is 4. The molecule has 0 unspecified atom stereocenters. The lowest BCUT2D eigenvalue weighted by Crippen LogP contribution is -2.33. The summed E-state index contributed by atoms with van der Waals surface area (Å²) in [6.45, 7) is 4.03. The second-order valence-electron chi connectivity index (χ2n) is 7.94. The van der Waals surface area contributed by atoms with Crippen molar-refractivity contribution in [3.05, 3.63) is 76.8 Å². The minimum absolute atomic E-state index is 0.159. The molecule has 156 valence electrons. The van der Waals surface area contributed by atoms with Crippen LogP contribution in [0.1, 0.15) is 30.4 Å². The summed E-state index contributed by atoms with van der Waals surface area (Å²) < 4.78 is 1.87. The van der Waals surface area contributed by atoms with Crippen LogP contribution in [-0.2, 0) is 4.79 Å². The van der Waals surface area contributed by atoms with Crippen molar-refractivity contribution in [1.82, 2.24) is 14.7 Å². The van der Waals surface area contributed by atoms with Crippen LogP contribution in [0.5, 0.6) is 0 Å².